The maximum Gasteiger partial charge on any atom is 0.265 e. The molecule has 2 aromatic carbocycles. The van der Waals surface area contributed by atoms with Gasteiger partial charge in [-0.1, -0.05) is 11.6 Å². The van der Waals surface area contributed by atoms with Crippen LogP contribution in [0.2, 0.25) is 5.02 Å². The first-order chi connectivity index (χ1) is 14.1. The van der Waals surface area contributed by atoms with E-state index in [1.165, 1.54) is 0 Å². The molecule has 0 radical (unpaired) electrons. The molecule has 1 N–H and O–H groups in total. The predicted octanol–water partition coefficient (Wildman–Crippen LogP) is 4.26. The van der Waals surface area contributed by atoms with Gasteiger partial charge in [0.05, 0.1) is 7.11 Å². The minimum absolute atomic E-state index is 0.234. The van der Waals surface area contributed by atoms with Gasteiger partial charge in [0.1, 0.15) is 12.4 Å². The van der Waals surface area contributed by atoms with Crippen molar-refractivity contribution in [3.8, 4) is 17.2 Å². The highest BCUT2D eigenvalue weighted by Crippen LogP contribution is 2.33. The minimum atomic E-state index is -0.605. The Bertz CT molecular complexity index is 1030. The van der Waals surface area contributed by atoms with E-state index >= 15 is 0 Å². The summed E-state index contributed by atoms with van der Waals surface area (Å²) in [6, 6.07) is 14.3. The van der Waals surface area contributed by atoms with Crippen LogP contribution in [0.5, 0.6) is 17.2 Å². The normalized spacial score (nSPS) is 14.6. The summed E-state index contributed by atoms with van der Waals surface area (Å²) in [5, 5.41) is 3.51. The SMILES string of the molecule is COc1ccc(NC(=O)C2Cc3cc(Cl)ccc3O2)cc1OCc1ccncc1. The number of hydrogen-bond acceptors (Lipinski definition) is 5. The number of fused-ring (bicyclic) bond motifs is 1. The van der Waals surface area contributed by atoms with Crippen LogP contribution < -0.4 is 19.5 Å². The maximum absolute atomic E-state index is 12.7. The van der Waals surface area contributed by atoms with Crippen LogP contribution in [-0.2, 0) is 17.8 Å². The van der Waals surface area contributed by atoms with E-state index in [1.54, 1.807) is 49.8 Å². The molecule has 0 bridgehead atoms. The summed E-state index contributed by atoms with van der Waals surface area (Å²) >= 11 is 6.02. The number of methoxy groups -OCH3 is 1. The van der Waals surface area contributed by atoms with Gasteiger partial charge in [0.15, 0.2) is 17.6 Å². The molecule has 1 amide bonds. The van der Waals surface area contributed by atoms with E-state index in [0.717, 1.165) is 11.1 Å². The number of carbonyl (C=O) groups is 1. The monoisotopic (exact) mass is 410 g/mol. The number of amides is 1. The lowest BCUT2D eigenvalue weighted by Crippen LogP contribution is -2.31. The first kappa shape index (κ1) is 19.1. The summed E-state index contributed by atoms with van der Waals surface area (Å²) in [6.45, 7) is 0.359. The third kappa shape index (κ3) is 4.43. The van der Waals surface area contributed by atoms with Gasteiger partial charge >= 0.3 is 0 Å². The van der Waals surface area contributed by atoms with Crippen LogP contribution in [0.3, 0.4) is 0 Å². The third-order valence-electron chi connectivity index (χ3n) is 4.56. The second-order valence-electron chi connectivity index (χ2n) is 6.56. The van der Waals surface area contributed by atoms with Crippen molar-refractivity contribution in [2.24, 2.45) is 0 Å². The molecule has 0 spiro atoms. The number of hydrogen-bond donors (Lipinski definition) is 1. The van der Waals surface area contributed by atoms with Gasteiger partial charge in [-0.05, 0) is 53.6 Å². The van der Waals surface area contributed by atoms with Gasteiger partial charge in [0.25, 0.3) is 5.91 Å². The molecule has 1 unspecified atom stereocenters. The number of carbonyl (C=O) groups excluding carboxylic acids is 1. The second kappa shape index (κ2) is 8.41. The Labute approximate surface area is 173 Å². The van der Waals surface area contributed by atoms with Crippen molar-refractivity contribution in [2.75, 3.05) is 12.4 Å². The fourth-order valence-electron chi connectivity index (χ4n) is 3.09. The molecule has 1 aliphatic heterocycles. The summed E-state index contributed by atoms with van der Waals surface area (Å²) < 4.78 is 17.0. The van der Waals surface area contributed by atoms with E-state index in [2.05, 4.69) is 10.3 Å². The first-order valence-electron chi connectivity index (χ1n) is 9.08. The zero-order chi connectivity index (χ0) is 20.2. The van der Waals surface area contributed by atoms with Crippen LogP contribution in [0.1, 0.15) is 11.1 Å². The number of benzene rings is 2. The standard InChI is InChI=1S/C22H19ClN2O4/c1-27-19-5-3-17(12-20(19)28-13-14-6-8-24-9-7-14)25-22(26)21-11-15-10-16(23)2-4-18(15)29-21/h2-10,12,21H,11,13H2,1H3,(H,25,26). The summed E-state index contributed by atoms with van der Waals surface area (Å²) in [7, 11) is 1.57. The molecule has 0 aliphatic carbocycles. The van der Waals surface area contributed by atoms with E-state index in [1.807, 2.05) is 18.2 Å². The summed E-state index contributed by atoms with van der Waals surface area (Å²) in [4.78, 5) is 16.7. The minimum Gasteiger partial charge on any atom is -0.493 e. The first-order valence-corrected chi connectivity index (χ1v) is 9.46. The van der Waals surface area contributed by atoms with Gasteiger partial charge < -0.3 is 19.5 Å². The molecule has 2 heterocycles. The number of nitrogens with zero attached hydrogens (tertiary/aromatic N) is 1. The van der Waals surface area contributed by atoms with E-state index < -0.39 is 6.10 Å². The summed E-state index contributed by atoms with van der Waals surface area (Å²) in [6.07, 6.45) is 3.29. The Morgan fingerprint density at radius 3 is 2.79 bits per heavy atom. The highest BCUT2D eigenvalue weighted by atomic mass is 35.5. The van der Waals surface area contributed by atoms with Crippen molar-refractivity contribution in [1.29, 1.82) is 0 Å². The van der Waals surface area contributed by atoms with Crippen molar-refractivity contribution in [3.05, 3.63) is 77.1 Å². The molecule has 7 heteroatoms. The topological polar surface area (TPSA) is 69.7 Å². The van der Waals surface area contributed by atoms with Gasteiger partial charge in [-0.25, -0.2) is 0 Å². The molecule has 3 aromatic rings. The van der Waals surface area contributed by atoms with Crippen molar-refractivity contribution in [1.82, 2.24) is 4.98 Å². The number of nitrogens with one attached hydrogen (secondary N) is 1. The fourth-order valence-corrected chi connectivity index (χ4v) is 3.29. The predicted molar refractivity (Wildman–Crippen MR) is 110 cm³/mol. The molecule has 1 atom stereocenters. The Kier molecular flexibility index (Phi) is 5.53. The molecular formula is C22H19ClN2O4. The number of halogens is 1. The molecular weight excluding hydrogens is 392 g/mol. The summed E-state index contributed by atoms with van der Waals surface area (Å²) in [5.41, 5.74) is 2.50. The largest absolute Gasteiger partial charge is 0.493 e. The lowest BCUT2D eigenvalue weighted by atomic mass is 10.1. The quantitative estimate of drug-likeness (QED) is 0.657. The molecule has 0 saturated carbocycles. The highest BCUT2D eigenvalue weighted by molar-refractivity contribution is 6.30. The molecule has 6 nitrogen and oxygen atoms in total. The molecule has 148 valence electrons. The zero-order valence-corrected chi connectivity index (χ0v) is 16.5. The smallest absolute Gasteiger partial charge is 0.265 e. The van der Waals surface area contributed by atoms with Crippen LogP contribution in [0, 0.1) is 0 Å². The molecule has 1 aliphatic rings. The molecule has 0 saturated heterocycles. The van der Waals surface area contributed by atoms with Crippen LogP contribution in [0.4, 0.5) is 5.69 Å². The van der Waals surface area contributed by atoms with Crippen molar-refractivity contribution in [3.63, 3.8) is 0 Å². The molecule has 29 heavy (non-hydrogen) atoms. The van der Waals surface area contributed by atoms with E-state index in [9.17, 15) is 4.79 Å². The van der Waals surface area contributed by atoms with Gasteiger partial charge in [0, 0.05) is 35.6 Å². The number of rotatable bonds is 6. The van der Waals surface area contributed by atoms with Crippen LogP contribution >= 0.6 is 11.6 Å². The number of pyridine rings is 1. The average molecular weight is 411 g/mol. The molecule has 4 rings (SSSR count). The van der Waals surface area contributed by atoms with Gasteiger partial charge in [-0.2, -0.15) is 0 Å². The van der Waals surface area contributed by atoms with Crippen LogP contribution in [0.25, 0.3) is 0 Å². The third-order valence-corrected chi connectivity index (χ3v) is 4.80. The van der Waals surface area contributed by atoms with E-state index in [4.69, 9.17) is 25.8 Å². The Morgan fingerprint density at radius 1 is 1.17 bits per heavy atom. The van der Waals surface area contributed by atoms with Crippen molar-refractivity contribution in [2.45, 2.75) is 19.1 Å². The Hall–Kier alpha value is -3.25. The van der Waals surface area contributed by atoms with Gasteiger partial charge in [-0.3, -0.25) is 9.78 Å². The van der Waals surface area contributed by atoms with Gasteiger partial charge in [0.2, 0.25) is 0 Å². The van der Waals surface area contributed by atoms with Crippen LogP contribution in [0.15, 0.2) is 60.9 Å². The van der Waals surface area contributed by atoms with Crippen LogP contribution in [-0.4, -0.2) is 24.1 Å². The number of ether oxygens (including phenoxy) is 3. The molecule has 1 aromatic heterocycles. The Balaban J connectivity index is 1.44. The van der Waals surface area contributed by atoms with E-state index in [0.29, 0.717) is 41.0 Å². The Morgan fingerprint density at radius 2 is 2.00 bits per heavy atom. The fraction of sp³-hybridized carbons (Fsp3) is 0.182. The zero-order valence-electron chi connectivity index (χ0n) is 15.7. The van der Waals surface area contributed by atoms with Crippen molar-refractivity contribution < 1.29 is 19.0 Å². The van der Waals surface area contributed by atoms with Gasteiger partial charge in [-0.15, -0.1) is 0 Å². The van der Waals surface area contributed by atoms with E-state index in [-0.39, 0.29) is 5.91 Å². The summed E-state index contributed by atoms with van der Waals surface area (Å²) in [5.74, 6) is 1.56. The second-order valence-corrected chi connectivity index (χ2v) is 7.00. The number of aromatic nitrogens is 1. The highest BCUT2D eigenvalue weighted by Gasteiger charge is 2.29. The maximum atomic E-state index is 12.7. The lowest BCUT2D eigenvalue weighted by Gasteiger charge is -2.15. The lowest BCUT2D eigenvalue weighted by molar-refractivity contribution is -0.122. The number of anilines is 1. The van der Waals surface area contributed by atoms with Crippen molar-refractivity contribution >= 4 is 23.2 Å². The molecule has 0 fully saturated rings. The average Bonchev–Trinajstić information content (AvgIpc) is 3.16.